The number of hydrogen-bond donors (Lipinski definition) is 0. The van der Waals surface area contributed by atoms with Crippen LogP contribution in [0.1, 0.15) is 79.1 Å². The van der Waals surface area contributed by atoms with Crippen molar-refractivity contribution in [2.75, 3.05) is 26.4 Å². The quantitative estimate of drug-likeness (QED) is 0.315. The zero-order valence-corrected chi connectivity index (χ0v) is 15.6. The summed E-state index contributed by atoms with van der Waals surface area (Å²) in [6.07, 6.45) is 8.46. The predicted octanol–water partition coefficient (Wildman–Crippen LogP) is 3.50. The van der Waals surface area contributed by atoms with Crippen molar-refractivity contribution in [3.63, 3.8) is 0 Å². The molecule has 0 aromatic rings. The van der Waals surface area contributed by atoms with Gasteiger partial charge in [0.25, 0.3) is 0 Å². The van der Waals surface area contributed by atoms with E-state index in [1.54, 1.807) is 0 Å². The third kappa shape index (κ3) is 13.1. The van der Waals surface area contributed by atoms with Crippen molar-refractivity contribution in [2.45, 2.75) is 79.1 Å². The van der Waals surface area contributed by atoms with Gasteiger partial charge >= 0.3 is 9.05 Å². The van der Waals surface area contributed by atoms with Gasteiger partial charge in [0.1, 0.15) is 0 Å². The highest BCUT2D eigenvalue weighted by molar-refractivity contribution is 6.53. The molecule has 0 aliphatic heterocycles. The summed E-state index contributed by atoms with van der Waals surface area (Å²) in [6.45, 7) is 11.3. The Balaban J connectivity index is 0. The van der Waals surface area contributed by atoms with E-state index in [0.717, 1.165) is 51.4 Å². The monoisotopic (exact) mass is 350 g/mol. The molecule has 0 saturated carbocycles. The Morgan fingerprint density at radius 3 is 0.909 bits per heavy atom. The largest absolute Gasteiger partial charge is 0.679 e. The molecule has 6 heteroatoms. The number of hydrogen-bond acceptors (Lipinski definition) is 4. The molecule has 0 aromatic carbocycles. The van der Waals surface area contributed by atoms with Gasteiger partial charge in [-0.25, -0.2) is 0 Å². The van der Waals surface area contributed by atoms with Crippen molar-refractivity contribution in [1.82, 2.24) is 0 Å². The smallest absolute Gasteiger partial charge is 0.351 e. The van der Waals surface area contributed by atoms with E-state index in [9.17, 15) is 0 Å². The minimum Gasteiger partial charge on any atom is -0.351 e. The van der Waals surface area contributed by atoms with Gasteiger partial charge in [0.15, 0.2) is 17.4 Å². The first kappa shape index (κ1) is 24.8. The van der Waals surface area contributed by atoms with Gasteiger partial charge in [-0.1, -0.05) is 53.4 Å². The average molecular weight is 351 g/mol. The lowest BCUT2D eigenvalue weighted by atomic mass is 10.4. The van der Waals surface area contributed by atoms with Crippen LogP contribution in [0.25, 0.3) is 0 Å². The maximum atomic E-state index is 5.98. The summed E-state index contributed by atoms with van der Waals surface area (Å²) in [5.74, 6) is 0. The molecule has 0 aliphatic carbocycles. The van der Waals surface area contributed by atoms with Gasteiger partial charge in [-0.3, -0.25) is 0 Å². The molecule has 0 N–H and O–H groups in total. The van der Waals surface area contributed by atoms with Crippen LogP contribution in [-0.2, 0) is 17.7 Å². The van der Waals surface area contributed by atoms with Crippen LogP contribution < -0.4 is 0 Å². The van der Waals surface area contributed by atoms with E-state index in [1.165, 1.54) is 0 Å². The average Bonchev–Trinajstić information content (AvgIpc) is 2.48. The van der Waals surface area contributed by atoms with Crippen molar-refractivity contribution >= 4 is 26.4 Å². The Morgan fingerprint density at radius 1 is 0.500 bits per heavy atom. The molecule has 4 nitrogen and oxygen atoms in total. The molecule has 0 atom stereocenters. The molecule has 0 bridgehead atoms. The second-order valence-corrected chi connectivity index (χ2v) is 7.46. The molecule has 0 spiro atoms. The summed E-state index contributed by atoms with van der Waals surface area (Å²) in [4.78, 5) is 0. The van der Waals surface area contributed by atoms with Crippen LogP contribution in [0.15, 0.2) is 0 Å². The SMILES string of the molecule is CCCCO[Si](OCCCC)(OCCCC)OCCCC.[AlH3]. The summed E-state index contributed by atoms with van der Waals surface area (Å²) in [7, 11) is -2.94. The maximum Gasteiger partial charge on any atom is 0.679 e. The van der Waals surface area contributed by atoms with Crippen LogP contribution in [0, 0.1) is 0 Å². The molecule has 134 valence electrons. The minimum absolute atomic E-state index is 0. The van der Waals surface area contributed by atoms with Crippen molar-refractivity contribution in [2.24, 2.45) is 0 Å². The molecule has 0 amide bonds. The molecular formula is C16H39AlO4Si. The lowest BCUT2D eigenvalue weighted by Crippen LogP contribution is -2.50. The molecular weight excluding hydrogens is 311 g/mol. The van der Waals surface area contributed by atoms with Gasteiger partial charge < -0.3 is 17.7 Å². The molecule has 0 aromatic heterocycles. The van der Waals surface area contributed by atoms with Crippen LogP contribution in [-0.4, -0.2) is 52.8 Å². The van der Waals surface area contributed by atoms with Crippen LogP contribution in [0.5, 0.6) is 0 Å². The standard InChI is InChI=1S/C16H36O4Si.Al.3H/c1-5-9-13-17-21(18-14-10-6-2,19-15-11-7-3)20-16-12-8-4;;;;/h5-16H2,1-4H3;;;;. The first-order valence-corrected chi connectivity index (χ1v) is 10.4. The second-order valence-electron chi connectivity index (χ2n) is 5.31. The van der Waals surface area contributed by atoms with Crippen LogP contribution in [0.2, 0.25) is 0 Å². The Labute approximate surface area is 149 Å². The van der Waals surface area contributed by atoms with Gasteiger partial charge in [0, 0.05) is 26.4 Å². The molecule has 0 rings (SSSR count). The van der Waals surface area contributed by atoms with Crippen LogP contribution >= 0.6 is 0 Å². The van der Waals surface area contributed by atoms with Crippen LogP contribution in [0.4, 0.5) is 0 Å². The summed E-state index contributed by atoms with van der Waals surface area (Å²) >= 11 is 0. The lowest BCUT2D eigenvalue weighted by Gasteiger charge is -2.28. The molecule has 0 fully saturated rings. The normalized spacial score (nSPS) is 11.5. The first-order chi connectivity index (χ1) is 10.2. The molecule has 0 radical (unpaired) electrons. The van der Waals surface area contributed by atoms with E-state index in [2.05, 4.69) is 27.7 Å². The highest BCUT2D eigenvalue weighted by Gasteiger charge is 2.45. The number of unbranched alkanes of at least 4 members (excludes halogenated alkanes) is 4. The predicted molar refractivity (Wildman–Crippen MR) is 99.1 cm³/mol. The van der Waals surface area contributed by atoms with Gasteiger partial charge in [-0.05, 0) is 25.7 Å². The zero-order valence-electron chi connectivity index (χ0n) is 14.6. The first-order valence-electron chi connectivity index (χ1n) is 8.80. The highest BCUT2D eigenvalue weighted by Crippen LogP contribution is 2.15. The van der Waals surface area contributed by atoms with Gasteiger partial charge in [0.2, 0.25) is 0 Å². The Kier molecular flexibility index (Phi) is 20.2. The van der Waals surface area contributed by atoms with Gasteiger partial charge in [0.05, 0.1) is 0 Å². The summed E-state index contributed by atoms with van der Waals surface area (Å²) in [5, 5.41) is 0. The topological polar surface area (TPSA) is 36.9 Å². The van der Waals surface area contributed by atoms with E-state index in [-0.39, 0.29) is 17.4 Å². The fourth-order valence-corrected chi connectivity index (χ4v) is 3.69. The van der Waals surface area contributed by atoms with E-state index >= 15 is 0 Å². The Bertz CT molecular complexity index is 175. The van der Waals surface area contributed by atoms with Crippen molar-refractivity contribution in [3.8, 4) is 0 Å². The molecule has 0 aliphatic rings. The van der Waals surface area contributed by atoms with E-state index in [1.807, 2.05) is 0 Å². The lowest BCUT2D eigenvalue weighted by molar-refractivity contribution is -0.0368. The summed E-state index contributed by atoms with van der Waals surface area (Å²) < 4.78 is 23.9. The Hall–Kier alpha value is 0.589. The van der Waals surface area contributed by atoms with Crippen LogP contribution in [0.3, 0.4) is 0 Å². The fourth-order valence-electron chi connectivity index (χ4n) is 1.62. The molecule has 22 heavy (non-hydrogen) atoms. The third-order valence-electron chi connectivity index (χ3n) is 3.11. The van der Waals surface area contributed by atoms with Crippen molar-refractivity contribution in [3.05, 3.63) is 0 Å². The molecule has 0 heterocycles. The fraction of sp³-hybridized carbons (Fsp3) is 1.00. The second kappa shape index (κ2) is 17.9. The van der Waals surface area contributed by atoms with E-state index in [0.29, 0.717) is 26.4 Å². The molecule has 0 saturated heterocycles. The summed E-state index contributed by atoms with van der Waals surface area (Å²) in [5.41, 5.74) is 0. The zero-order chi connectivity index (χ0) is 15.8. The van der Waals surface area contributed by atoms with Crippen molar-refractivity contribution in [1.29, 1.82) is 0 Å². The maximum absolute atomic E-state index is 5.98. The third-order valence-corrected chi connectivity index (χ3v) is 5.34. The van der Waals surface area contributed by atoms with Crippen molar-refractivity contribution < 1.29 is 17.7 Å². The Morgan fingerprint density at radius 2 is 0.727 bits per heavy atom. The highest BCUT2D eigenvalue weighted by atomic mass is 28.4. The van der Waals surface area contributed by atoms with Gasteiger partial charge in [-0.15, -0.1) is 0 Å². The van der Waals surface area contributed by atoms with E-state index < -0.39 is 9.05 Å². The molecule has 0 unspecified atom stereocenters. The summed E-state index contributed by atoms with van der Waals surface area (Å²) in [6, 6.07) is 0. The number of rotatable bonds is 16. The minimum atomic E-state index is -2.94. The van der Waals surface area contributed by atoms with E-state index in [4.69, 9.17) is 17.7 Å². The van der Waals surface area contributed by atoms with Gasteiger partial charge in [-0.2, -0.15) is 0 Å².